The van der Waals surface area contributed by atoms with Gasteiger partial charge in [0.05, 0.1) is 20.3 Å². The van der Waals surface area contributed by atoms with Crippen LogP contribution in [0.5, 0.6) is 23.0 Å². The zero-order chi connectivity index (χ0) is 34.0. The van der Waals surface area contributed by atoms with Crippen LogP contribution in [0.15, 0.2) is 92.6 Å². The lowest BCUT2D eigenvalue weighted by Gasteiger charge is -2.26. The maximum absolute atomic E-state index is 10.4. The van der Waals surface area contributed by atoms with Gasteiger partial charge in [-0.1, -0.05) is 89.1 Å². The molecule has 1 N–H and O–H groups in total. The molecule has 0 radical (unpaired) electrons. The van der Waals surface area contributed by atoms with E-state index in [0.717, 1.165) is 46.0 Å². The van der Waals surface area contributed by atoms with Gasteiger partial charge in [0, 0.05) is 5.92 Å². The van der Waals surface area contributed by atoms with Crippen LogP contribution < -0.4 is 18.3 Å². The maximum atomic E-state index is 10.4. The highest BCUT2D eigenvalue weighted by molar-refractivity contribution is 6.72. The van der Waals surface area contributed by atoms with Crippen LogP contribution in [-0.4, -0.2) is 36.0 Å². The van der Waals surface area contributed by atoms with E-state index in [1.165, 1.54) is 25.7 Å². The molecule has 0 fully saturated rings. The van der Waals surface area contributed by atoms with Crippen LogP contribution in [-0.2, 0) is 0 Å². The molecular weight excluding hydrogens is 593 g/mol. The van der Waals surface area contributed by atoms with Crippen LogP contribution in [0.4, 0.5) is 0 Å². The lowest BCUT2D eigenvalue weighted by atomic mass is 9.95. The molecule has 2 rings (SSSR count). The first-order valence-corrected chi connectivity index (χ1v) is 22.2. The molecule has 0 amide bonds. The highest BCUT2D eigenvalue weighted by Crippen LogP contribution is 2.35. The Morgan fingerprint density at radius 1 is 0.733 bits per heavy atom. The van der Waals surface area contributed by atoms with E-state index in [0.29, 0.717) is 5.75 Å². The molecule has 0 aliphatic heterocycles. The average molecular weight is 651 g/mol. The third-order valence-electron chi connectivity index (χ3n) is 7.47. The van der Waals surface area contributed by atoms with E-state index in [2.05, 4.69) is 66.4 Å². The fraction of sp³-hybridized carbons (Fsp3) is 0.421. The number of allylic oxidation sites excluding steroid dienone is 3. The van der Waals surface area contributed by atoms with E-state index in [1.807, 2.05) is 42.5 Å². The van der Waals surface area contributed by atoms with Gasteiger partial charge in [0.1, 0.15) is 11.5 Å². The third-order valence-corrected chi connectivity index (χ3v) is 12.1. The largest absolute Gasteiger partial charge is 0.542 e. The van der Waals surface area contributed by atoms with Gasteiger partial charge in [-0.15, -0.1) is 13.2 Å². The lowest BCUT2D eigenvalue weighted by Crippen LogP contribution is -2.34. The van der Waals surface area contributed by atoms with Gasteiger partial charge in [-0.2, -0.15) is 0 Å². The van der Waals surface area contributed by atoms with Crippen molar-refractivity contribution < 1.29 is 23.4 Å². The van der Waals surface area contributed by atoms with Crippen molar-refractivity contribution in [1.82, 2.24) is 0 Å². The van der Waals surface area contributed by atoms with Gasteiger partial charge in [-0.25, -0.2) is 0 Å². The van der Waals surface area contributed by atoms with Crippen molar-refractivity contribution in [3.05, 3.63) is 104 Å². The Hall–Kier alpha value is -3.27. The Balaban J connectivity index is 0.000000450. The van der Waals surface area contributed by atoms with E-state index >= 15 is 0 Å². The van der Waals surface area contributed by atoms with E-state index in [4.69, 9.17) is 18.3 Å². The summed E-state index contributed by atoms with van der Waals surface area (Å²) in [7, 11) is -0.170. The molecule has 0 saturated carbocycles. The van der Waals surface area contributed by atoms with Crippen molar-refractivity contribution >= 4 is 22.7 Å². The Kier molecular flexibility index (Phi) is 17.7. The molecule has 1 atom stereocenters. The number of benzene rings is 2. The van der Waals surface area contributed by atoms with Gasteiger partial charge in [-0.3, -0.25) is 0 Å². The van der Waals surface area contributed by atoms with Crippen molar-refractivity contribution in [1.29, 1.82) is 0 Å². The lowest BCUT2D eigenvalue weighted by molar-refractivity contribution is 0.151. The molecule has 0 aliphatic carbocycles. The quantitative estimate of drug-likeness (QED) is 0.0931. The first-order valence-electron chi connectivity index (χ1n) is 16.0. The number of unbranched alkanes of at least 4 members (excludes halogenated alkanes) is 2. The first kappa shape index (κ1) is 39.8. The van der Waals surface area contributed by atoms with Gasteiger partial charge in [0.15, 0.2) is 11.5 Å². The molecule has 0 aromatic heterocycles. The number of hydrogen-bond acceptors (Lipinski definition) is 5. The monoisotopic (exact) mass is 650 g/mol. The number of aliphatic hydroxyl groups is 1. The van der Waals surface area contributed by atoms with Crippen molar-refractivity contribution in [2.45, 2.75) is 83.9 Å². The summed E-state index contributed by atoms with van der Waals surface area (Å²) in [4.78, 5) is 0. The minimum absolute atomic E-state index is 0.193. The minimum Gasteiger partial charge on any atom is -0.542 e. The van der Waals surface area contributed by atoms with Crippen molar-refractivity contribution in [2.75, 3.05) is 14.2 Å². The number of methoxy groups -OCH3 is 2. The van der Waals surface area contributed by atoms with Crippen LogP contribution in [0.3, 0.4) is 0 Å². The normalized spacial score (nSPS) is 11.8. The third kappa shape index (κ3) is 13.7. The standard InChI is InChI=1S/C19H30O3Si.C19H28O2Si/c1-7-10-13-23(5,6)22-17-12-11-16(14-18(17)21-4)19(20)15(8-2)9-3;1-7-10-13-22(5,6)21-18-12-11-17(15-19(18)20-4)14-16(8-2)9-3/h8-9,11-12,14-15,19-20H,2-3,7,10,13H2,1,4-6H3;8-9,11-12,14-15H,2-3,7,10,13H2,1,4-6H3. The molecule has 0 saturated heterocycles. The summed E-state index contributed by atoms with van der Waals surface area (Å²) in [5.74, 6) is 2.83. The summed E-state index contributed by atoms with van der Waals surface area (Å²) in [5, 5.41) is 10.4. The van der Waals surface area contributed by atoms with E-state index < -0.39 is 22.7 Å². The molecule has 7 heteroatoms. The van der Waals surface area contributed by atoms with Crippen LogP contribution in [0.25, 0.3) is 6.08 Å². The fourth-order valence-electron chi connectivity index (χ4n) is 4.68. The molecule has 45 heavy (non-hydrogen) atoms. The predicted octanol–water partition coefficient (Wildman–Crippen LogP) is 10.9. The van der Waals surface area contributed by atoms with Gasteiger partial charge in [-0.05, 0) is 85.3 Å². The van der Waals surface area contributed by atoms with E-state index in [9.17, 15) is 5.11 Å². The highest BCUT2D eigenvalue weighted by atomic mass is 28.4. The van der Waals surface area contributed by atoms with Crippen LogP contribution >= 0.6 is 0 Å². The topological polar surface area (TPSA) is 57.2 Å². The SMILES string of the molecule is C=CC(C=C)=Cc1ccc(O[Si](C)(C)CCCC)c(OC)c1.C=CC(C=C)C(O)c1ccc(O[Si](C)(C)CCCC)c(OC)c1. The van der Waals surface area contributed by atoms with Gasteiger partial charge in [0.2, 0.25) is 16.6 Å². The van der Waals surface area contributed by atoms with E-state index in [1.54, 1.807) is 38.5 Å². The second kappa shape index (κ2) is 20.0. The molecule has 248 valence electrons. The minimum atomic E-state index is -1.77. The maximum Gasteiger partial charge on any atom is 0.245 e. The van der Waals surface area contributed by atoms with E-state index in [-0.39, 0.29) is 5.92 Å². The van der Waals surface area contributed by atoms with Gasteiger partial charge < -0.3 is 23.4 Å². The molecule has 1 unspecified atom stereocenters. The Morgan fingerprint density at radius 3 is 1.62 bits per heavy atom. The van der Waals surface area contributed by atoms with Gasteiger partial charge in [0.25, 0.3) is 0 Å². The molecule has 0 bridgehead atoms. The van der Waals surface area contributed by atoms with Crippen LogP contribution in [0.2, 0.25) is 38.3 Å². The highest BCUT2D eigenvalue weighted by Gasteiger charge is 2.26. The van der Waals surface area contributed by atoms with Gasteiger partial charge >= 0.3 is 0 Å². The summed E-state index contributed by atoms with van der Waals surface area (Å²) in [5.41, 5.74) is 2.80. The summed E-state index contributed by atoms with van der Waals surface area (Å²) < 4.78 is 23.5. The average Bonchev–Trinajstić information content (AvgIpc) is 3.03. The molecule has 2 aromatic rings. The zero-order valence-electron chi connectivity index (χ0n) is 29.2. The molecule has 0 aliphatic rings. The fourth-order valence-corrected chi connectivity index (χ4v) is 8.83. The summed E-state index contributed by atoms with van der Waals surface area (Å²) in [6.45, 7) is 28.4. The number of ether oxygens (including phenoxy) is 2. The smallest absolute Gasteiger partial charge is 0.245 e. The zero-order valence-corrected chi connectivity index (χ0v) is 31.2. The molecule has 2 aromatic carbocycles. The predicted molar refractivity (Wildman–Crippen MR) is 199 cm³/mol. The molecule has 0 spiro atoms. The number of rotatable bonds is 19. The first-order chi connectivity index (χ1) is 21.3. The Morgan fingerprint density at radius 2 is 1.20 bits per heavy atom. The van der Waals surface area contributed by atoms with Crippen LogP contribution in [0, 0.1) is 5.92 Å². The number of hydrogen-bond donors (Lipinski definition) is 1. The molecule has 0 heterocycles. The van der Waals surface area contributed by atoms with Crippen molar-refractivity contribution in [3.63, 3.8) is 0 Å². The number of aliphatic hydroxyl groups excluding tert-OH is 1. The van der Waals surface area contributed by atoms with Crippen LogP contribution in [0.1, 0.15) is 56.8 Å². The second-order valence-corrected chi connectivity index (χ2v) is 20.7. The Bertz CT molecular complexity index is 1250. The molecular formula is C38H58O5Si2. The summed E-state index contributed by atoms with van der Waals surface area (Å²) >= 11 is 0. The van der Waals surface area contributed by atoms with Crippen molar-refractivity contribution in [2.24, 2.45) is 5.92 Å². The second-order valence-electron chi connectivity index (χ2n) is 12.3. The summed E-state index contributed by atoms with van der Waals surface area (Å²) in [6.07, 6.45) is 13.0. The van der Waals surface area contributed by atoms with Crippen molar-refractivity contribution in [3.8, 4) is 23.0 Å². The summed E-state index contributed by atoms with van der Waals surface area (Å²) in [6, 6.07) is 13.9. The Labute approximate surface area is 276 Å². The molecule has 5 nitrogen and oxygen atoms in total.